The Morgan fingerprint density at radius 2 is 1.95 bits per heavy atom. The number of carbonyl (C=O) groups excluding carboxylic acids is 1. The highest BCUT2D eigenvalue weighted by atomic mass is 16.4. The summed E-state index contributed by atoms with van der Waals surface area (Å²) in [5.74, 6) is -0.280. The summed E-state index contributed by atoms with van der Waals surface area (Å²) >= 11 is 0. The van der Waals surface area contributed by atoms with Crippen LogP contribution in [-0.2, 0) is 11.3 Å². The predicted molar refractivity (Wildman–Crippen MR) is 78.4 cm³/mol. The van der Waals surface area contributed by atoms with E-state index in [1.165, 1.54) is 5.56 Å². The van der Waals surface area contributed by atoms with E-state index in [0.29, 0.717) is 25.3 Å². The largest absolute Gasteiger partial charge is 0.481 e. The van der Waals surface area contributed by atoms with Crippen LogP contribution in [0.5, 0.6) is 0 Å². The summed E-state index contributed by atoms with van der Waals surface area (Å²) in [4.78, 5) is 22.2. The lowest BCUT2D eigenvalue weighted by Gasteiger charge is -2.01. The van der Waals surface area contributed by atoms with Gasteiger partial charge in [0.25, 0.3) is 5.91 Å². The minimum atomic E-state index is -0.871. The molecule has 0 bridgehead atoms. The molecule has 0 fully saturated rings. The molecule has 116 valence electrons. The van der Waals surface area contributed by atoms with Gasteiger partial charge in [-0.1, -0.05) is 0 Å². The second-order valence-corrected chi connectivity index (χ2v) is 5.07. The lowest BCUT2D eigenvalue weighted by Crippen LogP contribution is -2.32. The third-order valence-electron chi connectivity index (χ3n) is 3.13. The lowest BCUT2D eigenvalue weighted by molar-refractivity contribution is -0.690. The molecular weight excluding hydrogens is 284 g/mol. The van der Waals surface area contributed by atoms with E-state index in [1.807, 2.05) is 36.0 Å². The van der Waals surface area contributed by atoms with Gasteiger partial charge in [0.15, 0.2) is 23.9 Å². The van der Waals surface area contributed by atoms with Gasteiger partial charge in [0, 0.05) is 25.1 Å². The highest BCUT2D eigenvalue weighted by Gasteiger charge is 2.13. The number of hydrogen-bond acceptors (Lipinski definition) is 3. The van der Waals surface area contributed by atoms with Crippen molar-refractivity contribution < 1.29 is 23.7 Å². The first kappa shape index (κ1) is 15.8. The SMILES string of the molecule is Cc1cc[n+](Cc2ccc(C(=O)NCCCC(=O)O)o2)cc1. The molecule has 6 nitrogen and oxygen atoms in total. The molecule has 1 amide bonds. The summed E-state index contributed by atoms with van der Waals surface area (Å²) in [6, 6.07) is 7.38. The van der Waals surface area contributed by atoms with Crippen LogP contribution < -0.4 is 9.88 Å². The van der Waals surface area contributed by atoms with Gasteiger partial charge < -0.3 is 14.8 Å². The second-order valence-electron chi connectivity index (χ2n) is 5.07. The van der Waals surface area contributed by atoms with E-state index in [9.17, 15) is 9.59 Å². The zero-order valence-corrected chi connectivity index (χ0v) is 12.4. The van der Waals surface area contributed by atoms with Crippen LogP contribution in [0.1, 0.15) is 34.7 Å². The van der Waals surface area contributed by atoms with E-state index in [1.54, 1.807) is 12.1 Å². The van der Waals surface area contributed by atoms with E-state index in [-0.39, 0.29) is 18.1 Å². The van der Waals surface area contributed by atoms with Crippen LogP contribution in [0, 0.1) is 6.92 Å². The van der Waals surface area contributed by atoms with Gasteiger partial charge in [0.05, 0.1) is 0 Å². The Bertz CT molecular complexity index is 646. The number of aliphatic carboxylic acids is 1. The van der Waals surface area contributed by atoms with E-state index >= 15 is 0 Å². The maximum Gasteiger partial charge on any atom is 0.303 e. The van der Waals surface area contributed by atoms with Crippen LogP contribution in [0.15, 0.2) is 41.1 Å². The molecule has 0 spiro atoms. The topological polar surface area (TPSA) is 83.4 Å². The van der Waals surface area contributed by atoms with Crippen molar-refractivity contribution in [3.8, 4) is 0 Å². The maximum atomic E-state index is 11.8. The van der Waals surface area contributed by atoms with Gasteiger partial charge in [-0.25, -0.2) is 0 Å². The fraction of sp³-hybridized carbons (Fsp3) is 0.312. The van der Waals surface area contributed by atoms with Gasteiger partial charge in [-0.2, -0.15) is 4.57 Å². The summed E-state index contributed by atoms with van der Waals surface area (Å²) in [7, 11) is 0. The Labute approximate surface area is 128 Å². The molecule has 2 heterocycles. The van der Waals surface area contributed by atoms with E-state index in [4.69, 9.17) is 9.52 Å². The number of amides is 1. The molecule has 0 unspecified atom stereocenters. The fourth-order valence-electron chi connectivity index (χ4n) is 1.93. The number of nitrogens with one attached hydrogen (secondary N) is 1. The van der Waals surface area contributed by atoms with Crippen molar-refractivity contribution in [3.05, 3.63) is 53.7 Å². The number of carbonyl (C=O) groups is 2. The third kappa shape index (κ3) is 4.73. The zero-order valence-electron chi connectivity index (χ0n) is 12.4. The quantitative estimate of drug-likeness (QED) is 0.600. The number of nitrogens with zero attached hydrogens (tertiary/aromatic N) is 1. The van der Waals surface area contributed by atoms with Crippen LogP contribution in [-0.4, -0.2) is 23.5 Å². The van der Waals surface area contributed by atoms with Gasteiger partial charge in [0.1, 0.15) is 0 Å². The smallest absolute Gasteiger partial charge is 0.303 e. The highest BCUT2D eigenvalue weighted by Crippen LogP contribution is 2.07. The minimum absolute atomic E-state index is 0.0355. The Hall–Kier alpha value is -2.63. The molecule has 0 aliphatic carbocycles. The average molecular weight is 303 g/mol. The van der Waals surface area contributed by atoms with E-state index < -0.39 is 5.97 Å². The maximum absolute atomic E-state index is 11.8. The number of pyridine rings is 1. The normalized spacial score (nSPS) is 10.4. The molecule has 2 rings (SSSR count). The molecule has 0 aliphatic heterocycles. The lowest BCUT2D eigenvalue weighted by atomic mass is 10.3. The number of hydrogen-bond donors (Lipinski definition) is 2. The first-order valence-corrected chi connectivity index (χ1v) is 7.09. The molecule has 22 heavy (non-hydrogen) atoms. The highest BCUT2D eigenvalue weighted by molar-refractivity contribution is 5.91. The van der Waals surface area contributed by atoms with Crippen LogP contribution >= 0.6 is 0 Å². The second kappa shape index (κ2) is 7.40. The fourth-order valence-corrected chi connectivity index (χ4v) is 1.93. The number of aromatic nitrogens is 1. The van der Waals surface area contributed by atoms with Gasteiger partial charge in [-0.05, 0) is 31.0 Å². The average Bonchev–Trinajstić information content (AvgIpc) is 2.94. The van der Waals surface area contributed by atoms with E-state index in [0.717, 1.165) is 0 Å². The van der Waals surface area contributed by atoms with E-state index in [2.05, 4.69) is 5.32 Å². The summed E-state index contributed by atoms with van der Waals surface area (Å²) < 4.78 is 7.47. The van der Waals surface area contributed by atoms with Gasteiger partial charge in [-0.15, -0.1) is 0 Å². The first-order valence-electron chi connectivity index (χ1n) is 7.09. The number of aryl methyl sites for hydroxylation is 1. The van der Waals surface area contributed by atoms with Crippen molar-refractivity contribution in [2.24, 2.45) is 0 Å². The van der Waals surface area contributed by atoms with Gasteiger partial charge in [0.2, 0.25) is 6.54 Å². The van der Waals surface area contributed by atoms with Gasteiger partial charge in [-0.3, -0.25) is 9.59 Å². The Morgan fingerprint density at radius 3 is 2.64 bits per heavy atom. The molecule has 0 atom stereocenters. The molecule has 2 aromatic rings. The predicted octanol–water partition coefficient (Wildman–Crippen LogP) is 1.52. The zero-order chi connectivity index (χ0) is 15.9. The molecule has 0 saturated heterocycles. The van der Waals surface area contributed by atoms with Crippen LogP contribution in [0.4, 0.5) is 0 Å². The number of carboxylic acids is 1. The van der Waals surface area contributed by atoms with Crippen LogP contribution in [0.3, 0.4) is 0 Å². The van der Waals surface area contributed by atoms with Crippen molar-refractivity contribution in [1.82, 2.24) is 5.32 Å². The molecule has 0 aliphatic rings. The summed E-state index contributed by atoms with van der Waals surface area (Å²) in [6.45, 7) is 2.88. The Balaban J connectivity index is 1.86. The Kier molecular flexibility index (Phi) is 5.30. The number of rotatable bonds is 7. The van der Waals surface area contributed by atoms with Crippen LogP contribution in [0.2, 0.25) is 0 Å². The molecule has 0 radical (unpaired) electrons. The number of carboxylic acid groups (broad SMARTS) is 1. The summed E-state index contributed by atoms with van der Waals surface area (Å²) in [5.41, 5.74) is 1.18. The van der Waals surface area contributed by atoms with Crippen molar-refractivity contribution in [2.45, 2.75) is 26.3 Å². The molecule has 2 aromatic heterocycles. The van der Waals surface area contributed by atoms with Crippen LogP contribution in [0.25, 0.3) is 0 Å². The number of furan rings is 1. The first-order chi connectivity index (χ1) is 10.5. The summed E-state index contributed by atoms with van der Waals surface area (Å²) in [5, 5.41) is 11.2. The monoisotopic (exact) mass is 303 g/mol. The minimum Gasteiger partial charge on any atom is -0.481 e. The summed E-state index contributed by atoms with van der Waals surface area (Å²) in [6.07, 6.45) is 4.33. The van der Waals surface area contributed by atoms with Crippen molar-refractivity contribution in [3.63, 3.8) is 0 Å². The molecule has 0 aromatic carbocycles. The third-order valence-corrected chi connectivity index (χ3v) is 3.13. The van der Waals surface area contributed by atoms with Gasteiger partial charge >= 0.3 is 5.97 Å². The molecule has 6 heteroatoms. The van der Waals surface area contributed by atoms with Crippen molar-refractivity contribution >= 4 is 11.9 Å². The van der Waals surface area contributed by atoms with Crippen molar-refractivity contribution in [1.29, 1.82) is 0 Å². The molecule has 2 N–H and O–H groups in total. The van der Waals surface area contributed by atoms with Crippen molar-refractivity contribution in [2.75, 3.05) is 6.54 Å². The Morgan fingerprint density at radius 1 is 1.23 bits per heavy atom. The molecular formula is C16H19N2O4+. The molecule has 0 saturated carbocycles. The standard InChI is InChI=1S/C16H18N2O4/c1-12-6-9-18(10-7-12)11-13-4-5-14(22-13)16(21)17-8-2-3-15(19)20/h4-7,9-10H,2-3,8,11H2,1H3,(H-,17,19,20,21)/p+1.